The molecule has 2 heterocycles. The first-order chi connectivity index (χ1) is 10.6. The third-order valence-corrected chi connectivity index (χ3v) is 4.05. The molecule has 1 amide bonds. The van der Waals surface area contributed by atoms with E-state index in [1.165, 1.54) is 0 Å². The second kappa shape index (κ2) is 6.39. The monoisotopic (exact) mass is 406 g/mol. The molecule has 0 N–H and O–H groups in total. The minimum atomic E-state index is -0.0414. The summed E-state index contributed by atoms with van der Waals surface area (Å²) >= 11 is 2.27. The van der Waals surface area contributed by atoms with Crippen molar-refractivity contribution in [2.24, 2.45) is 0 Å². The van der Waals surface area contributed by atoms with Crippen LogP contribution in [0.25, 0.3) is 5.69 Å². The molecule has 3 rings (SSSR count). The number of furan rings is 1. The van der Waals surface area contributed by atoms with Crippen molar-refractivity contribution < 1.29 is 9.21 Å². The van der Waals surface area contributed by atoms with Gasteiger partial charge in [0.15, 0.2) is 0 Å². The van der Waals surface area contributed by atoms with E-state index in [-0.39, 0.29) is 5.91 Å². The second-order valence-electron chi connectivity index (χ2n) is 4.98. The lowest BCUT2D eigenvalue weighted by molar-refractivity contribution is 0.0767. The normalized spacial score (nSPS) is 10.6. The van der Waals surface area contributed by atoms with Crippen molar-refractivity contribution in [3.05, 3.63) is 76.0 Å². The van der Waals surface area contributed by atoms with E-state index < -0.39 is 0 Å². The molecule has 0 atom stereocenters. The maximum atomic E-state index is 12.7. The van der Waals surface area contributed by atoms with Crippen molar-refractivity contribution in [2.75, 3.05) is 7.05 Å². The van der Waals surface area contributed by atoms with E-state index in [9.17, 15) is 4.79 Å². The van der Waals surface area contributed by atoms with Crippen molar-refractivity contribution >= 4 is 28.5 Å². The lowest BCUT2D eigenvalue weighted by Crippen LogP contribution is -2.27. The number of aromatic nitrogens is 1. The number of nitrogens with zero attached hydrogens (tertiary/aromatic N) is 2. The maximum Gasteiger partial charge on any atom is 0.270 e. The predicted octanol–water partition coefficient (Wildman–Crippen LogP) is 3.95. The summed E-state index contributed by atoms with van der Waals surface area (Å²) in [7, 11) is 1.77. The first-order valence-electron chi connectivity index (χ1n) is 6.86. The molecule has 22 heavy (non-hydrogen) atoms. The Morgan fingerprint density at radius 3 is 2.82 bits per heavy atom. The molecular weight excluding hydrogens is 391 g/mol. The smallest absolute Gasteiger partial charge is 0.270 e. The Labute approximate surface area is 142 Å². The molecule has 0 bridgehead atoms. The number of rotatable bonds is 4. The zero-order valence-electron chi connectivity index (χ0n) is 12.1. The summed E-state index contributed by atoms with van der Waals surface area (Å²) in [5.41, 5.74) is 1.61. The number of carbonyl (C=O) groups excluding carboxylic acids is 1. The Kier molecular flexibility index (Phi) is 4.33. The lowest BCUT2D eigenvalue weighted by Gasteiger charge is -2.17. The van der Waals surface area contributed by atoms with Crippen LogP contribution in [-0.4, -0.2) is 22.4 Å². The molecule has 5 heteroatoms. The average Bonchev–Trinajstić information content (AvgIpc) is 3.17. The fourth-order valence-corrected chi connectivity index (χ4v) is 2.84. The average molecular weight is 406 g/mol. The van der Waals surface area contributed by atoms with Crippen molar-refractivity contribution in [2.45, 2.75) is 6.54 Å². The Morgan fingerprint density at radius 1 is 1.23 bits per heavy atom. The van der Waals surface area contributed by atoms with Gasteiger partial charge in [0, 0.05) is 22.5 Å². The van der Waals surface area contributed by atoms with Gasteiger partial charge in [0.05, 0.1) is 12.8 Å². The van der Waals surface area contributed by atoms with Crippen molar-refractivity contribution in [3.63, 3.8) is 0 Å². The minimum Gasteiger partial charge on any atom is -0.467 e. The Morgan fingerprint density at radius 2 is 2.09 bits per heavy atom. The van der Waals surface area contributed by atoms with E-state index in [0.717, 1.165) is 15.0 Å². The van der Waals surface area contributed by atoms with Gasteiger partial charge in [-0.3, -0.25) is 4.79 Å². The van der Waals surface area contributed by atoms with Crippen LogP contribution in [0.2, 0.25) is 0 Å². The molecule has 0 aliphatic rings. The summed E-state index contributed by atoms with van der Waals surface area (Å²) in [6.45, 7) is 0.448. The summed E-state index contributed by atoms with van der Waals surface area (Å²) in [5.74, 6) is 0.725. The van der Waals surface area contributed by atoms with E-state index in [1.54, 1.807) is 18.2 Å². The predicted molar refractivity (Wildman–Crippen MR) is 93.0 cm³/mol. The summed E-state index contributed by atoms with van der Waals surface area (Å²) < 4.78 is 8.34. The zero-order valence-corrected chi connectivity index (χ0v) is 14.2. The van der Waals surface area contributed by atoms with Crippen LogP contribution in [0.1, 0.15) is 16.2 Å². The molecular formula is C17H15IN2O2. The molecule has 2 aromatic heterocycles. The first kappa shape index (κ1) is 14.9. The highest BCUT2D eigenvalue weighted by Gasteiger charge is 2.17. The SMILES string of the molecule is CN(Cc1ccco1)C(=O)c1cccn1-c1cccc(I)c1. The van der Waals surface area contributed by atoms with Gasteiger partial charge >= 0.3 is 0 Å². The highest BCUT2D eigenvalue weighted by Crippen LogP contribution is 2.17. The van der Waals surface area contributed by atoms with Gasteiger partial charge < -0.3 is 13.9 Å². The number of hydrogen-bond donors (Lipinski definition) is 0. The van der Waals surface area contributed by atoms with Crippen LogP contribution < -0.4 is 0 Å². The van der Waals surface area contributed by atoms with Crippen LogP contribution in [0.5, 0.6) is 0 Å². The van der Waals surface area contributed by atoms with Gasteiger partial charge in [-0.1, -0.05) is 6.07 Å². The van der Waals surface area contributed by atoms with Crippen LogP contribution in [0.15, 0.2) is 65.4 Å². The Bertz CT molecular complexity index is 778. The highest BCUT2D eigenvalue weighted by atomic mass is 127. The lowest BCUT2D eigenvalue weighted by atomic mass is 10.3. The number of carbonyl (C=O) groups is 1. The van der Waals surface area contributed by atoms with Crippen molar-refractivity contribution in [3.8, 4) is 5.69 Å². The molecule has 3 aromatic rings. The summed E-state index contributed by atoms with van der Waals surface area (Å²) in [6, 6.07) is 15.4. The molecule has 0 fully saturated rings. The molecule has 0 aliphatic heterocycles. The van der Waals surface area contributed by atoms with Gasteiger partial charge in [0.2, 0.25) is 0 Å². The quantitative estimate of drug-likeness (QED) is 0.616. The van der Waals surface area contributed by atoms with Crippen molar-refractivity contribution in [1.29, 1.82) is 0 Å². The largest absolute Gasteiger partial charge is 0.467 e. The van der Waals surface area contributed by atoms with Crippen molar-refractivity contribution in [1.82, 2.24) is 9.47 Å². The van der Waals surface area contributed by atoms with Crippen LogP contribution in [0.3, 0.4) is 0 Å². The van der Waals surface area contributed by atoms with Crippen LogP contribution in [0.4, 0.5) is 0 Å². The number of hydrogen-bond acceptors (Lipinski definition) is 2. The van der Waals surface area contributed by atoms with E-state index >= 15 is 0 Å². The highest BCUT2D eigenvalue weighted by molar-refractivity contribution is 14.1. The third-order valence-electron chi connectivity index (χ3n) is 3.37. The molecule has 0 radical (unpaired) electrons. The van der Waals surface area contributed by atoms with E-state index in [4.69, 9.17) is 4.42 Å². The van der Waals surface area contributed by atoms with Gasteiger partial charge in [-0.2, -0.15) is 0 Å². The molecule has 0 aliphatic carbocycles. The van der Waals surface area contributed by atoms with Gasteiger partial charge in [-0.25, -0.2) is 0 Å². The molecule has 1 aromatic carbocycles. The summed E-state index contributed by atoms with van der Waals surface area (Å²) in [5, 5.41) is 0. The van der Waals surface area contributed by atoms with E-state index in [2.05, 4.69) is 22.6 Å². The zero-order chi connectivity index (χ0) is 15.5. The van der Waals surface area contributed by atoms with Gasteiger partial charge in [-0.15, -0.1) is 0 Å². The van der Waals surface area contributed by atoms with Crippen LogP contribution >= 0.6 is 22.6 Å². The Balaban J connectivity index is 1.86. The van der Waals surface area contributed by atoms with Crippen LogP contribution in [-0.2, 0) is 6.54 Å². The van der Waals surface area contributed by atoms with E-state index in [0.29, 0.717) is 12.2 Å². The molecule has 0 spiro atoms. The second-order valence-corrected chi connectivity index (χ2v) is 6.23. The molecule has 0 unspecified atom stereocenters. The fourth-order valence-electron chi connectivity index (χ4n) is 2.31. The number of halogens is 1. The van der Waals surface area contributed by atoms with Gasteiger partial charge in [-0.05, 0) is 65.1 Å². The Hall–Kier alpha value is -2.02. The van der Waals surface area contributed by atoms with E-state index in [1.807, 2.05) is 59.3 Å². The third kappa shape index (κ3) is 3.09. The summed E-state index contributed by atoms with van der Waals surface area (Å²) in [6.07, 6.45) is 3.52. The molecule has 0 saturated heterocycles. The first-order valence-corrected chi connectivity index (χ1v) is 7.94. The number of benzene rings is 1. The summed E-state index contributed by atoms with van der Waals surface area (Å²) in [4.78, 5) is 14.3. The standard InChI is InChI=1S/C17H15IN2O2/c1-19(12-15-7-4-10-22-15)17(21)16-8-3-9-20(16)14-6-2-5-13(18)11-14/h2-11H,12H2,1H3. The van der Waals surface area contributed by atoms with Gasteiger partial charge in [0.1, 0.15) is 11.5 Å². The maximum absolute atomic E-state index is 12.7. The van der Waals surface area contributed by atoms with Crippen LogP contribution in [0, 0.1) is 3.57 Å². The van der Waals surface area contributed by atoms with Gasteiger partial charge in [0.25, 0.3) is 5.91 Å². The number of amides is 1. The molecule has 112 valence electrons. The topological polar surface area (TPSA) is 38.4 Å². The molecule has 4 nitrogen and oxygen atoms in total. The minimum absolute atomic E-state index is 0.0414. The molecule has 0 saturated carbocycles. The fraction of sp³-hybridized carbons (Fsp3) is 0.118.